The first-order chi connectivity index (χ1) is 9.22. The van der Waals surface area contributed by atoms with E-state index in [2.05, 4.69) is 20.5 Å². The number of hydrogen-bond acceptors (Lipinski definition) is 5. The van der Waals surface area contributed by atoms with Gasteiger partial charge in [0.05, 0.1) is 11.7 Å². The summed E-state index contributed by atoms with van der Waals surface area (Å²) >= 11 is 1.35. The van der Waals surface area contributed by atoms with Gasteiger partial charge in [-0.2, -0.15) is 5.10 Å². The summed E-state index contributed by atoms with van der Waals surface area (Å²) in [6.07, 6.45) is 3.30. The highest BCUT2D eigenvalue weighted by atomic mass is 32.1. The van der Waals surface area contributed by atoms with Crippen LogP contribution in [-0.2, 0) is 0 Å². The first kappa shape index (κ1) is 11.7. The van der Waals surface area contributed by atoms with Gasteiger partial charge < -0.3 is 10.7 Å². The highest BCUT2D eigenvalue weighted by molar-refractivity contribution is 7.14. The summed E-state index contributed by atoms with van der Waals surface area (Å²) in [6.45, 7) is 0. The van der Waals surface area contributed by atoms with Crippen LogP contribution in [0.25, 0.3) is 10.9 Å². The molecule has 0 amide bonds. The van der Waals surface area contributed by atoms with E-state index in [9.17, 15) is 4.39 Å². The second-order valence-corrected chi connectivity index (χ2v) is 4.74. The van der Waals surface area contributed by atoms with E-state index >= 15 is 0 Å². The summed E-state index contributed by atoms with van der Waals surface area (Å²) in [6, 6.07) is 4.70. The van der Waals surface area contributed by atoms with Gasteiger partial charge in [-0.25, -0.2) is 9.37 Å². The van der Waals surface area contributed by atoms with E-state index in [1.54, 1.807) is 17.8 Å². The van der Waals surface area contributed by atoms with Gasteiger partial charge in [0.15, 0.2) is 0 Å². The molecule has 7 heteroatoms. The third kappa shape index (κ3) is 2.41. The molecule has 96 valence electrons. The first-order valence-corrected chi connectivity index (χ1v) is 6.37. The number of nitrogen functional groups attached to an aromatic ring is 1. The normalized spacial score (nSPS) is 11.4. The Kier molecular flexibility index (Phi) is 2.88. The van der Waals surface area contributed by atoms with Gasteiger partial charge >= 0.3 is 0 Å². The Balaban J connectivity index is 1.86. The highest BCUT2D eigenvalue weighted by Crippen LogP contribution is 2.19. The van der Waals surface area contributed by atoms with Crippen molar-refractivity contribution in [2.24, 2.45) is 5.10 Å². The van der Waals surface area contributed by atoms with Crippen molar-refractivity contribution in [2.45, 2.75) is 0 Å². The molecular formula is C12H10FN5S. The van der Waals surface area contributed by atoms with Crippen molar-refractivity contribution in [3.8, 4) is 0 Å². The van der Waals surface area contributed by atoms with Gasteiger partial charge in [-0.05, 0) is 18.2 Å². The van der Waals surface area contributed by atoms with E-state index in [1.807, 2.05) is 6.07 Å². The first-order valence-electron chi connectivity index (χ1n) is 5.49. The number of nitrogens with two attached hydrogens (primary N) is 1. The summed E-state index contributed by atoms with van der Waals surface area (Å²) in [7, 11) is 0. The molecule has 0 bridgehead atoms. The van der Waals surface area contributed by atoms with E-state index in [-0.39, 0.29) is 5.82 Å². The van der Waals surface area contributed by atoms with Crippen molar-refractivity contribution in [3.63, 3.8) is 0 Å². The van der Waals surface area contributed by atoms with Gasteiger partial charge in [-0.1, -0.05) is 0 Å². The molecule has 1 aromatic carbocycles. The predicted octanol–water partition coefficient (Wildman–Crippen LogP) is 2.79. The fourth-order valence-corrected chi connectivity index (χ4v) is 2.31. The molecular weight excluding hydrogens is 265 g/mol. The molecule has 3 aromatic rings. The van der Waals surface area contributed by atoms with Crippen LogP contribution in [0.3, 0.4) is 0 Å². The van der Waals surface area contributed by atoms with Gasteiger partial charge in [0.1, 0.15) is 11.6 Å². The minimum absolute atomic E-state index is 0.299. The fraction of sp³-hybridized carbons (Fsp3) is 0. The molecule has 0 aliphatic carbocycles. The minimum Gasteiger partial charge on any atom is -0.383 e. The van der Waals surface area contributed by atoms with Gasteiger partial charge in [0, 0.05) is 22.5 Å². The van der Waals surface area contributed by atoms with Crippen molar-refractivity contribution in [2.75, 3.05) is 11.2 Å². The number of aromatic amines is 1. The van der Waals surface area contributed by atoms with Crippen molar-refractivity contribution < 1.29 is 4.39 Å². The van der Waals surface area contributed by atoms with Gasteiger partial charge in [-0.15, -0.1) is 11.3 Å². The van der Waals surface area contributed by atoms with Crippen LogP contribution in [0.1, 0.15) is 5.56 Å². The van der Waals surface area contributed by atoms with Crippen LogP contribution in [0.5, 0.6) is 0 Å². The SMILES string of the molecule is Nc1csc(NN=Cc2cc(F)cc3cc[nH]c23)n1. The van der Waals surface area contributed by atoms with Gasteiger partial charge in [-0.3, -0.25) is 5.43 Å². The number of rotatable bonds is 3. The molecule has 0 atom stereocenters. The lowest BCUT2D eigenvalue weighted by atomic mass is 10.1. The third-order valence-corrected chi connectivity index (χ3v) is 3.31. The molecule has 0 saturated carbocycles. The summed E-state index contributed by atoms with van der Waals surface area (Å²) in [4.78, 5) is 7.05. The number of thiazole rings is 1. The average Bonchev–Trinajstić information content (AvgIpc) is 2.98. The largest absolute Gasteiger partial charge is 0.383 e. The predicted molar refractivity (Wildman–Crippen MR) is 76.0 cm³/mol. The zero-order valence-electron chi connectivity index (χ0n) is 9.72. The quantitative estimate of drug-likeness (QED) is 0.508. The van der Waals surface area contributed by atoms with E-state index < -0.39 is 0 Å². The van der Waals surface area contributed by atoms with Crippen molar-refractivity contribution in [1.82, 2.24) is 9.97 Å². The Labute approximate surface area is 112 Å². The molecule has 4 N–H and O–H groups in total. The second kappa shape index (κ2) is 4.69. The maximum absolute atomic E-state index is 13.4. The van der Waals surface area contributed by atoms with Crippen molar-refractivity contribution in [3.05, 3.63) is 41.2 Å². The Hall–Kier alpha value is -2.41. The monoisotopic (exact) mass is 275 g/mol. The smallest absolute Gasteiger partial charge is 0.205 e. The number of fused-ring (bicyclic) bond motifs is 1. The van der Waals surface area contributed by atoms with E-state index in [0.717, 1.165) is 10.9 Å². The standard InChI is InChI=1S/C12H10FN5S/c13-9-3-7-1-2-15-11(7)8(4-9)5-16-18-12-17-10(14)6-19-12/h1-6,15H,14H2,(H,17,18). The molecule has 0 radical (unpaired) electrons. The van der Waals surface area contributed by atoms with Crippen LogP contribution in [0.15, 0.2) is 34.9 Å². The van der Waals surface area contributed by atoms with Crippen LogP contribution in [-0.4, -0.2) is 16.2 Å². The number of hydrogen-bond donors (Lipinski definition) is 3. The number of nitrogens with zero attached hydrogens (tertiary/aromatic N) is 2. The molecule has 2 heterocycles. The highest BCUT2D eigenvalue weighted by Gasteiger charge is 2.03. The molecule has 0 unspecified atom stereocenters. The fourth-order valence-electron chi connectivity index (χ4n) is 1.76. The topological polar surface area (TPSA) is 79.1 Å². The van der Waals surface area contributed by atoms with Crippen LogP contribution in [0.4, 0.5) is 15.3 Å². The summed E-state index contributed by atoms with van der Waals surface area (Å²) in [5, 5.41) is 7.13. The van der Waals surface area contributed by atoms with Crippen molar-refractivity contribution in [1.29, 1.82) is 0 Å². The van der Waals surface area contributed by atoms with Gasteiger partial charge in [0.25, 0.3) is 0 Å². The molecule has 3 rings (SSSR count). The van der Waals surface area contributed by atoms with Crippen LogP contribution >= 0.6 is 11.3 Å². The van der Waals surface area contributed by atoms with Crippen LogP contribution in [0.2, 0.25) is 0 Å². The lowest BCUT2D eigenvalue weighted by Gasteiger charge is -1.98. The van der Waals surface area contributed by atoms with Crippen LogP contribution in [0, 0.1) is 5.82 Å². The second-order valence-electron chi connectivity index (χ2n) is 3.88. The number of aromatic nitrogens is 2. The molecule has 0 aliphatic rings. The Morgan fingerprint density at radius 2 is 2.37 bits per heavy atom. The molecule has 0 aliphatic heterocycles. The number of nitrogens with one attached hydrogen (secondary N) is 2. The zero-order valence-corrected chi connectivity index (χ0v) is 10.5. The number of halogens is 1. The van der Waals surface area contributed by atoms with Crippen LogP contribution < -0.4 is 11.2 Å². The summed E-state index contributed by atoms with van der Waals surface area (Å²) in [5.74, 6) is 0.146. The molecule has 0 fully saturated rings. The van der Waals surface area contributed by atoms with E-state index in [1.165, 1.54) is 23.5 Å². The zero-order chi connectivity index (χ0) is 13.2. The lowest BCUT2D eigenvalue weighted by molar-refractivity contribution is 0.629. The molecule has 0 saturated heterocycles. The maximum Gasteiger partial charge on any atom is 0.205 e. The summed E-state index contributed by atoms with van der Waals surface area (Å²) < 4.78 is 13.4. The average molecular weight is 275 g/mol. The summed E-state index contributed by atoms with van der Waals surface area (Å²) in [5.41, 5.74) is 9.75. The molecule has 0 spiro atoms. The van der Waals surface area contributed by atoms with E-state index in [0.29, 0.717) is 16.5 Å². The molecule has 19 heavy (non-hydrogen) atoms. The van der Waals surface area contributed by atoms with Gasteiger partial charge in [0.2, 0.25) is 5.13 Å². The number of H-pyrrole nitrogens is 1. The lowest BCUT2D eigenvalue weighted by Crippen LogP contribution is -1.92. The third-order valence-electron chi connectivity index (χ3n) is 2.54. The molecule has 5 nitrogen and oxygen atoms in total. The Morgan fingerprint density at radius 3 is 3.16 bits per heavy atom. The Morgan fingerprint density at radius 1 is 1.47 bits per heavy atom. The number of benzene rings is 1. The Bertz CT molecular complexity index is 746. The van der Waals surface area contributed by atoms with Crippen molar-refractivity contribution >= 4 is 39.4 Å². The number of hydrazone groups is 1. The molecule has 2 aromatic heterocycles. The maximum atomic E-state index is 13.4. The minimum atomic E-state index is -0.299. The van der Waals surface area contributed by atoms with E-state index in [4.69, 9.17) is 5.73 Å². The number of anilines is 2.